The van der Waals surface area contributed by atoms with Crippen molar-refractivity contribution in [3.8, 4) is 0 Å². The smallest absolute Gasteiger partial charge is 0.0650 e. The number of aromatic nitrogens is 2. The monoisotopic (exact) mass is 294 g/mol. The fourth-order valence-electron chi connectivity index (χ4n) is 3.11. The third-order valence-electron chi connectivity index (χ3n) is 4.52. The average Bonchev–Trinajstić information content (AvgIpc) is 2.96. The van der Waals surface area contributed by atoms with Crippen molar-refractivity contribution in [2.75, 3.05) is 6.61 Å². The van der Waals surface area contributed by atoms with Crippen LogP contribution in [-0.4, -0.2) is 33.7 Å². The second-order valence-electron chi connectivity index (χ2n) is 6.18. The minimum Gasteiger partial charge on any atom is -0.393 e. The van der Waals surface area contributed by atoms with Gasteiger partial charge >= 0.3 is 0 Å². The maximum atomic E-state index is 10.2. The van der Waals surface area contributed by atoms with Crippen molar-refractivity contribution in [1.29, 1.82) is 0 Å². The topological polar surface area (TPSA) is 47.3 Å². The molecule has 21 heavy (non-hydrogen) atoms. The number of hydrogen-bond acceptors (Lipinski definition) is 3. The van der Waals surface area contributed by atoms with Crippen LogP contribution in [0.25, 0.3) is 0 Å². The first kappa shape index (κ1) is 16.5. The fourth-order valence-corrected chi connectivity index (χ4v) is 3.11. The zero-order valence-corrected chi connectivity index (χ0v) is 13.5. The van der Waals surface area contributed by atoms with Crippen LogP contribution in [0.2, 0.25) is 0 Å². The number of ether oxygens (including phenoxy) is 1. The van der Waals surface area contributed by atoms with E-state index in [9.17, 15) is 5.11 Å². The Bertz CT molecular complexity index is 395. The molecule has 1 aliphatic heterocycles. The minimum absolute atomic E-state index is 0.305. The summed E-state index contributed by atoms with van der Waals surface area (Å²) in [6, 6.07) is 2.52. The lowest BCUT2D eigenvalue weighted by Crippen LogP contribution is -2.22. The number of aliphatic hydroxyl groups is 1. The van der Waals surface area contributed by atoms with Crippen LogP contribution in [0.4, 0.5) is 0 Å². The molecule has 0 aliphatic carbocycles. The molecule has 1 aliphatic rings. The van der Waals surface area contributed by atoms with E-state index in [-0.39, 0.29) is 6.10 Å². The van der Waals surface area contributed by atoms with Gasteiger partial charge in [0, 0.05) is 19.2 Å². The van der Waals surface area contributed by atoms with Gasteiger partial charge in [-0.1, -0.05) is 13.8 Å². The summed E-state index contributed by atoms with van der Waals surface area (Å²) in [7, 11) is 0. The van der Waals surface area contributed by atoms with Crippen molar-refractivity contribution in [3.05, 3.63) is 18.0 Å². The zero-order chi connectivity index (χ0) is 15.1. The van der Waals surface area contributed by atoms with Crippen LogP contribution in [0.1, 0.15) is 70.5 Å². The largest absolute Gasteiger partial charge is 0.393 e. The molecule has 0 saturated carbocycles. The van der Waals surface area contributed by atoms with E-state index >= 15 is 0 Å². The van der Waals surface area contributed by atoms with Gasteiger partial charge in [-0.25, -0.2) is 0 Å². The number of nitrogens with zero attached hydrogens (tertiary/aromatic N) is 2. The van der Waals surface area contributed by atoms with Crippen LogP contribution < -0.4 is 0 Å². The molecule has 1 N–H and O–H groups in total. The van der Waals surface area contributed by atoms with Crippen LogP contribution in [0.15, 0.2) is 12.3 Å². The number of aliphatic hydroxyl groups excluding tert-OH is 1. The van der Waals surface area contributed by atoms with Crippen LogP contribution in [0, 0.1) is 0 Å². The molecule has 2 heterocycles. The van der Waals surface area contributed by atoms with Gasteiger partial charge in [0.25, 0.3) is 0 Å². The highest BCUT2D eigenvalue weighted by molar-refractivity contribution is 5.01. The Balaban J connectivity index is 1.75. The minimum atomic E-state index is -0.305. The molecule has 1 saturated heterocycles. The molecule has 0 spiro atoms. The predicted molar refractivity (Wildman–Crippen MR) is 84.4 cm³/mol. The molecule has 1 aromatic rings. The summed E-state index contributed by atoms with van der Waals surface area (Å²) in [5.41, 5.74) is 0.999. The van der Waals surface area contributed by atoms with E-state index in [0.717, 1.165) is 44.4 Å². The maximum absolute atomic E-state index is 10.2. The standard InChI is InChI=1S/C17H30N2O2/c1-3-15(4-2)19-11-10-14(18-19)13-16(20)8-9-17-7-5-6-12-21-17/h10-11,15-17,20H,3-9,12-13H2,1-2H3. The third kappa shape index (κ3) is 5.11. The van der Waals surface area contributed by atoms with E-state index in [0.29, 0.717) is 18.6 Å². The molecule has 1 aromatic heterocycles. The van der Waals surface area contributed by atoms with E-state index in [4.69, 9.17) is 4.74 Å². The summed E-state index contributed by atoms with van der Waals surface area (Å²) in [4.78, 5) is 0. The van der Waals surface area contributed by atoms with E-state index in [1.165, 1.54) is 12.8 Å². The van der Waals surface area contributed by atoms with E-state index in [2.05, 4.69) is 18.9 Å². The summed E-state index contributed by atoms with van der Waals surface area (Å²) in [5.74, 6) is 0. The normalized spacial score (nSPS) is 20.9. The molecular weight excluding hydrogens is 264 g/mol. The van der Waals surface area contributed by atoms with Crippen molar-refractivity contribution in [2.24, 2.45) is 0 Å². The first-order valence-corrected chi connectivity index (χ1v) is 8.56. The molecule has 2 rings (SSSR count). The lowest BCUT2D eigenvalue weighted by atomic mass is 10.0. The first-order chi connectivity index (χ1) is 10.2. The average molecular weight is 294 g/mol. The summed E-state index contributed by atoms with van der Waals surface area (Å²) in [5, 5.41) is 14.8. The van der Waals surface area contributed by atoms with Crippen LogP contribution in [0.3, 0.4) is 0 Å². The lowest BCUT2D eigenvalue weighted by molar-refractivity contribution is 0.00227. The first-order valence-electron chi connectivity index (χ1n) is 8.56. The van der Waals surface area contributed by atoms with Crippen molar-refractivity contribution >= 4 is 0 Å². The summed E-state index contributed by atoms with van der Waals surface area (Å²) in [6.45, 7) is 5.27. The van der Waals surface area contributed by atoms with Crippen LogP contribution in [-0.2, 0) is 11.2 Å². The molecule has 0 amide bonds. The third-order valence-corrected chi connectivity index (χ3v) is 4.52. The quantitative estimate of drug-likeness (QED) is 0.798. The van der Waals surface area contributed by atoms with Gasteiger partial charge in [0.05, 0.1) is 23.9 Å². The molecule has 1 fully saturated rings. The molecule has 2 unspecified atom stereocenters. The molecule has 2 atom stereocenters. The molecule has 4 heteroatoms. The molecule has 120 valence electrons. The molecule has 0 aromatic carbocycles. The predicted octanol–water partition coefficient (Wildman–Crippen LogP) is 3.50. The van der Waals surface area contributed by atoms with Gasteiger partial charge in [0.15, 0.2) is 0 Å². The molecule has 0 bridgehead atoms. The van der Waals surface area contributed by atoms with Crippen molar-refractivity contribution in [1.82, 2.24) is 9.78 Å². The number of hydrogen-bond donors (Lipinski definition) is 1. The van der Waals surface area contributed by atoms with Gasteiger partial charge in [-0.2, -0.15) is 5.10 Å². The van der Waals surface area contributed by atoms with Crippen LogP contribution >= 0.6 is 0 Å². The van der Waals surface area contributed by atoms with Crippen molar-refractivity contribution in [3.63, 3.8) is 0 Å². The lowest BCUT2D eigenvalue weighted by Gasteiger charge is -2.23. The highest BCUT2D eigenvalue weighted by atomic mass is 16.5. The van der Waals surface area contributed by atoms with E-state index in [1.54, 1.807) is 0 Å². The molecule has 0 radical (unpaired) electrons. The van der Waals surface area contributed by atoms with Crippen molar-refractivity contribution < 1.29 is 9.84 Å². The Labute approximate surface area is 128 Å². The maximum Gasteiger partial charge on any atom is 0.0650 e. The second-order valence-corrected chi connectivity index (χ2v) is 6.18. The van der Waals surface area contributed by atoms with Gasteiger partial charge < -0.3 is 9.84 Å². The fraction of sp³-hybridized carbons (Fsp3) is 0.824. The Morgan fingerprint density at radius 1 is 1.38 bits per heavy atom. The van der Waals surface area contributed by atoms with Crippen molar-refractivity contribution in [2.45, 2.75) is 83.5 Å². The Kier molecular flexibility index (Phi) is 6.71. The van der Waals surface area contributed by atoms with Gasteiger partial charge in [-0.05, 0) is 51.0 Å². The van der Waals surface area contributed by atoms with E-state index in [1.807, 2.05) is 16.9 Å². The Morgan fingerprint density at radius 3 is 2.86 bits per heavy atom. The van der Waals surface area contributed by atoms with Crippen LogP contribution in [0.5, 0.6) is 0 Å². The second kappa shape index (κ2) is 8.54. The van der Waals surface area contributed by atoms with Gasteiger partial charge in [-0.15, -0.1) is 0 Å². The van der Waals surface area contributed by atoms with Gasteiger partial charge in [-0.3, -0.25) is 4.68 Å². The Morgan fingerprint density at radius 2 is 2.19 bits per heavy atom. The molecule has 4 nitrogen and oxygen atoms in total. The van der Waals surface area contributed by atoms with Gasteiger partial charge in [0.2, 0.25) is 0 Å². The zero-order valence-electron chi connectivity index (χ0n) is 13.5. The highest BCUT2D eigenvalue weighted by Crippen LogP contribution is 2.19. The summed E-state index contributed by atoms with van der Waals surface area (Å²) >= 11 is 0. The summed E-state index contributed by atoms with van der Waals surface area (Å²) in [6.07, 6.45) is 10.3. The van der Waals surface area contributed by atoms with Gasteiger partial charge in [0.1, 0.15) is 0 Å². The van der Waals surface area contributed by atoms with E-state index < -0.39 is 0 Å². The number of rotatable bonds is 8. The Hall–Kier alpha value is -0.870. The summed E-state index contributed by atoms with van der Waals surface area (Å²) < 4.78 is 7.76. The SMILES string of the molecule is CCC(CC)n1ccc(CC(O)CCC2CCCCO2)n1. The molecular formula is C17H30N2O2. The highest BCUT2D eigenvalue weighted by Gasteiger charge is 2.17.